The van der Waals surface area contributed by atoms with Crippen molar-refractivity contribution in [1.29, 1.82) is 0 Å². The fraction of sp³-hybridized carbons (Fsp3) is 0.238. The van der Waals surface area contributed by atoms with E-state index in [0.717, 1.165) is 15.9 Å². The average Bonchev–Trinajstić information content (AvgIpc) is 2.90. The lowest BCUT2D eigenvalue weighted by Crippen LogP contribution is -2.07. The third-order valence-corrected chi connectivity index (χ3v) is 5.72. The maximum atomic E-state index is 6.10. The molecule has 0 aliphatic heterocycles. The molecule has 1 aliphatic rings. The molecule has 0 spiro atoms. The molecule has 0 atom stereocenters. The van der Waals surface area contributed by atoms with Gasteiger partial charge in [0.25, 0.3) is 0 Å². The lowest BCUT2D eigenvalue weighted by molar-refractivity contribution is 0.662. The van der Waals surface area contributed by atoms with Crippen molar-refractivity contribution in [1.82, 2.24) is 4.57 Å². The van der Waals surface area contributed by atoms with Crippen LogP contribution in [0.25, 0.3) is 16.9 Å². The second-order valence-electron chi connectivity index (χ2n) is 6.42. The van der Waals surface area contributed by atoms with Crippen LogP contribution >= 0.6 is 27.5 Å². The summed E-state index contributed by atoms with van der Waals surface area (Å²) in [7, 11) is 0. The van der Waals surface area contributed by atoms with E-state index in [0.29, 0.717) is 0 Å². The molecule has 24 heavy (non-hydrogen) atoms. The van der Waals surface area contributed by atoms with Gasteiger partial charge in [0.05, 0.1) is 5.69 Å². The van der Waals surface area contributed by atoms with Crippen LogP contribution in [-0.2, 0) is 12.8 Å². The van der Waals surface area contributed by atoms with Crippen LogP contribution in [0.5, 0.6) is 0 Å². The normalized spacial score (nSPS) is 13.8. The Bertz CT molecular complexity index is 876. The van der Waals surface area contributed by atoms with Gasteiger partial charge in [-0.3, -0.25) is 0 Å². The first kappa shape index (κ1) is 16.0. The number of hydrogen-bond acceptors (Lipinski definition) is 0. The maximum Gasteiger partial charge on any atom is 0.0563 e. The van der Waals surface area contributed by atoms with Gasteiger partial charge in [0.15, 0.2) is 0 Å². The molecule has 1 heterocycles. The van der Waals surface area contributed by atoms with Crippen molar-refractivity contribution in [2.75, 3.05) is 0 Å². The predicted octanol–water partition coefficient (Wildman–Crippen LogP) is 6.75. The van der Waals surface area contributed by atoms with Crippen molar-refractivity contribution in [3.8, 4) is 16.9 Å². The number of aromatic nitrogens is 1. The number of hydrogen-bond donors (Lipinski definition) is 0. The third-order valence-electron chi connectivity index (χ3n) is 4.94. The smallest absolute Gasteiger partial charge is 0.0563 e. The minimum Gasteiger partial charge on any atom is -0.313 e. The van der Waals surface area contributed by atoms with Gasteiger partial charge < -0.3 is 4.57 Å². The number of fused-ring (bicyclic) bond motifs is 1. The number of rotatable bonds is 2. The van der Waals surface area contributed by atoms with Gasteiger partial charge in [-0.25, -0.2) is 0 Å². The molecular weight excluding hydrogens is 382 g/mol. The first-order chi connectivity index (χ1) is 11.6. The summed E-state index contributed by atoms with van der Waals surface area (Å²) >= 11 is 9.65. The lowest BCUT2D eigenvalue weighted by Gasteiger charge is -2.17. The summed E-state index contributed by atoms with van der Waals surface area (Å²) in [5, 5.41) is 0.780. The third kappa shape index (κ3) is 2.72. The second-order valence-corrected chi connectivity index (χ2v) is 7.78. The van der Waals surface area contributed by atoms with Gasteiger partial charge in [-0.2, -0.15) is 0 Å². The summed E-state index contributed by atoms with van der Waals surface area (Å²) in [5.41, 5.74) is 8.19. The summed E-state index contributed by atoms with van der Waals surface area (Å²) in [6, 6.07) is 16.8. The highest BCUT2D eigenvalue weighted by Crippen LogP contribution is 2.38. The Kier molecular flexibility index (Phi) is 4.28. The molecule has 1 aliphatic carbocycles. The first-order valence-electron chi connectivity index (χ1n) is 8.40. The lowest BCUT2D eigenvalue weighted by atomic mass is 9.94. The molecule has 0 amide bonds. The Morgan fingerprint density at radius 1 is 0.917 bits per heavy atom. The predicted molar refractivity (Wildman–Crippen MR) is 105 cm³/mol. The second kappa shape index (κ2) is 6.42. The number of halogens is 2. The quantitative estimate of drug-likeness (QED) is 0.448. The Balaban J connectivity index is 1.99. The van der Waals surface area contributed by atoms with Gasteiger partial charge in [0.2, 0.25) is 0 Å². The average molecular weight is 401 g/mol. The Morgan fingerprint density at radius 3 is 2.29 bits per heavy atom. The summed E-state index contributed by atoms with van der Waals surface area (Å²) < 4.78 is 3.57. The fourth-order valence-corrected chi connectivity index (χ4v) is 4.20. The van der Waals surface area contributed by atoms with Crippen molar-refractivity contribution in [3.63, 3.8) is 0 Å². The van der Waals surface area contributed by atoms with Crippen molar-refractivity contribution in [2.24, 2.45) is 0 Å². The van der Waals surface area contributed by atoms with Gasteiger partial charge in [0.1, 0.15) is 0 Å². The molecule has 3 heteroatoms. The number of nitrogens with zero attached hydrogens (tertiary/aromatic N) is 1. The summed E-state index contributed by atoms with van der Waals surface area (Å²) in [6.45, 7) is 2.27. The van der Waals surface area contributed by atoms with Gasteiger partial charge >= 0.3 is 0 Å². The van der Waals surface area contributed by atoms with Crippen LogP contribution < -0.4 is 0 Å². The van der Waals surface area contributed by atoms with E-state index in [4.69, 9.17) is 11.6 Å². The van der Waals surface area contributed by atoms with Crippen molar-refractivity contribution in [3.05, 3.63) is 74.8 Å². The van der Waals surface area contributed by atoms with Crippen LogP contribution in [-0.4, -0.2) is 4.57 Å². The topological polar surface area (TPSA) is 4.93 Å². The highest BCUT2D eigenvalue weighted by molar-refractivity contribution is 9.10. The molecule has 0 unspecified atom stereocenters. The molecule has 122 valence electrons. The van der Waals surface area contributed by atoms with Crippen molar-refractivity contribution in [2.45, 2.75) is 32.6 Å². The van der Waals surface area contributed by atoms with Crippen LogP contribution in [0.2, 0.25) is 5.02 Å². The molecule has 1 aromatic heterocycles. The fourth-order valence-electron chi connectivity index (χ4n) is 3.81. The summed E-state index contributed by atoms with van der Waals surface area (Å²) in [4.78, 5) is 0. The Labute approximate surface area is 156 Å². The van der Waals surface area contributed by atoms with E-state index in [1.807, 2.05) is 12.1 Å². The van der Waals surface area contributed by atoms with E-state index in [2.05, 4.69) is 63.8 Å². The van der Waals surface area contributed by atoms with Gasteiger partial charge in [-0.05, 0) is 85.7 Å². The Hall–Kier alpha value is -1.51. The van der Waals surface area contributed by atoms with E-state index >= 15 is 0 Å². The first-order valence-corrected chi connectivity index (χ1v) is 9.57. The molecule has 3 aromatic rings. The van der Waals surface area contributed by atoms with E-state index in [1.165, 1.54) is 53.0 Å². The van der Waals surface area contributed by atoms with Crippen LogP contribution in [0.4, 0.5) is 0 Å². The van der Waals surface area contributed by atoms with Crippen LogP contribution in [0, 0.1) is 6.92 Å². The molecule has 0 N–H and O–H groups in total. The molecule has 0 bridgehead atoms. The Morgan fingerprint density at radius 2 is 1.58 bits per heavy atom. The van der Waals surface area contributed by atoms with Crippen LogP contribution in [0.15, 0.2) is 53.0 Å². The number of benzene rings is 2. The molecule has 1 nitrogen and oxygen atoms in total. The summed E-state index contributed by atoms with van der Waals surface area (Å²) in [6.07, 6.45) is 4.90. The van der Waals surface area contributed by atoms with Crippen molar-refractivity contribution >= 4 is 27.5 Å². The zero-order valence-corrected chi connectivity index (χ0v) is 16.0. The van der Waals surface area contributed by atoms with E-state index < -0.39 is 0 Å². The zero-order valence-electron chi connectivity index (χ0n) is 13.7. The van der Waals surface area contributed by atoms with Crippen molar-refractivity contribution < 1.29 is 0 Å². The molecule has 4 rings (SSSR count). The van der Waals surface area contributed by atoms with E-state index in [-0.39, 0.29) is 0 Å². The van der Waals surface area contributed by atoms with Gasteiger partial charge in [-0.1, -0.05) is 39.7 Å². The highest BCUT2D eigenvalue weighted by atomic mass is 79.9. The molecule has 2 aromatic carbocycles. The van der Waals surface area contributed by atoms with Gasteiger partial charge in [0, 0.05) is 20.9 Å². The maximum absolute atomic E-state index is 6.10. The monoisotopic (exact) mass is 399 g/mol. The largest absolute Gasteiger partial charge is 0.313 e. The minimum absolute atomic E-state index is 0.780. The molecule has 0 radical (unpaired) electrons. The molecular formula is C21H19BrClN. The highest BCUT2D eigenvalue weighted by Gasteiger charge is 2.24. The van der Waals surface area contributed by atoms with Gasteiger partial charge in [-0.15, -0.1) is 0 Å². The molecule has 0 fully saturated rings. The van der Waals surface area contributed by atoms with Crippen LogP contribution in [0.3, 0.4) is 0 Å². The zero-order chi connectivity index (χ0) is 16.7. The minimum atomic E-state index is 0.780. The molecule has 0 saturated carbocycles. The van der Waals surface area contributed by atoms with E-state index in [1.54, 1.807) is 0 Å². The SMILES string of the molecule is Cc1c2c(n(-c3ccc(Br)cc3)c1-c1ccc(Cl)cc1)CCCC2. The molecule has 0 saturated heterocycles. The standard InChI is InChI=1S/C21H19BrClN/c1-14-19-4-2-3-5-20(19)24(18-12-8-16(22)9-13-18)21(14)15-6-10-17(23)11-7-15/h6-13H,2-5H2,1H3. The van der Waals surface area contributed by atoms with Crippen LogP contribution in [0.1, 0.15) is 29.7 Å². The summed E-state index contributed by atoms with van der Waals surface area (Å²) in [5.74, 6) is 0. The van der Waals surface area contributed by atoms with E-state index in [9.17, 15) is 0 Å².